The van der Waals surface area contributed by atoms with Crippen molar-refractivity contribution in [1.29, 1.82) is 0 Å². The van der Waals surface area contributed by atoms with Gasteiger partial charge in [0.2, 0.25) is 11.7 Å². The van der Waals surface area contributed by atoms with Crippen LogP contribution in [0, 0.1) is 15.9 Å². The number of carbonyl (C=O) groups is 2. The Kier molecular flexibility index (Phi) is 6.19. The summed E-state index contributed by atoms with van der Waals surface area (Å²) in [6, 6.07) is 6.50. The van der Waals surface area contributed by atoms with Gasteiger partial charge in [0.15, 0.2) is 0 Å². The number of likely N-dealkylation sites (tertiary alicyclic amines) is 1. The summed E-state index contributed by atoms with van der Waals surface area (Å²) < 4.78 is 13.3. The van der Waals surface area contributed by atoms with Crippen molar-refractivity contribution in [3.63, 3.8) is 0 Å². The van der Waals surface area contributed by atoms with Crippen molar-refractivity contribution in [1.82, 2.24) is 9.88 Å². The molecule has 1 aromatic carbocycles. The smallest absolute Gasteiger partial charge is 0.306 e. The zero-order chi connectivity index (χ0) is 20.1. The van der Waals surface area contributed by atoms with E-state index in [1.807, 2.05) is 0 Å². The highest BCUT2D eigenvalue weighted by atomic mass is 32.2. The minimum absolute atomic E-state index is 0.0115. The van der Waals surface area contributed by atoms with Crippen LogP contribution in [0.4, 0.5) is 15.8 Å². The molecule has 0 bridgehead atoms. The van der Waals surface area contributed by atoms with E-state index in [4.69, 9.17) is 0 Å². The van der Waals surface area contributed by atoms with Crippen molar-refractivity contribution in [3.8, 4) is 0 Å². The van der Waals surface area contributed by atoms with Crippen molar-refractivity contribution in [2.75, 3.05) is 24.2 Å². The minimum atomic E-state index is -0.967. The lowest BCUT2D eigenvalue weighted by molar-refractivity contribution is -0.387. The topological polar surface area (TPSA) is 105 Å². The number of nitrogens with one attached hydrogen (secondary N) is 1. The molecule has 28 heavy (non-hydrogen) atoms. The predicted octanol–water partition coefficient (Wildman–Crippen LogP) is 3.10. The van der Waals surface area contributed by atoms with E-state index in [1.54, 1.807) is 17.0 Å². The van der Waals surface area contributed by atoms with Crippen LogP contribution < -0.4 is 5.32 Å². The summed E-state index contributed by atoms with van der Waals surface area (Å²) in [7, 11) is 0. The summed E-state index contributed by atoms with van der Waals surface area (Å²) in [4.78, 5) is 40.2. The molecule has 3 rings (SSSR count). The van der Waals surface area contributed by atoms with Crippen molar-refractivity contribution in [2.45, 2.75) is 17.9 Å². The van der Waals surface area contributed by atoms with Crippen molar-refractivity contribution < 1.29 is 18.9 Å². The molecular formula is C18H17FN4O4S. The second kappa shape index (κ2) is 8.79. The third kappa shape index (κ3) is 4.83. The van der Waals surface area contributed by atoms with Gasteiger partial charge in [-0.05, 0) is 37.1 Å². The van der Waals surface area contributed by atoms with Gasteiger partial charge < -0.3 is 10.2 Å². The second-order valence-corrected chi connectivity index (χ2v) is 7.14. The SMILES string of the molecule is O=C(CSc1ccc(C(=O)N2CCCC2)cn1)Nc1ccc(F)c([N+](=O)[O-])c1. The van der Waals surface area contributed by atoms with Gasteiger partial charge >= 0.3 is 5.69 Å². The molecule has 2 heterocycles. The molecule has 1 aliphatic rings. The van der Waals surface area contributed by atoms with Gasteiger partial charge in [-0.15, -0.1) is 0 Å². The number of halogens is 1. The summed E-state index contributed by atoms with van der Waals surface area (Å²) in [5.41, 5.74) is -0.0575. The van der Waals surface area contributed by atoms with Crippen LogP contribution in [0.15, 0.2) is 41.6 Å². The molecule has 2 aromatic rings. The molecule has 1 N–H and O–H groups in total. The lowest BCUT2D eigenvalue weighted by Gasteiger charge is -2.14. The number of nitrogens with zero attached hydrogens (tertiary/aromatic N) is 3. The van der Waals surface area contributed by atoms with Gasteiger partial charge in [0, 0.05) is 31.0 Å². The van der Waals surface area contributed by atoms with Crippen LogP contribution in [0.1, 0.15) is 23.2 Å². The van der Waals surface area contributed by atoms with Gasteiger partial charge in [-0.2, -0.15) is 4.39 Å². The average molecular weight is 404 g/mol. The monoisotopic (exact) mass is 404 g/mol. The number of benzene rings is 1. The Morgan fingerprint density at radius 3 is 2.64 bits per heavy atom. The van der Waals surface area contributed by atoms with Crippen LogP contribution in [-0.2, 0) is 4.79 Å². The average Bonchev–Trinajstić information content (AvgIpc) is 3.22. The highest BCUT2D eigenvalue weighted by Gasteiger charge is 2.20. The van der Waals surface area contributed by atoms with E-state index in [-0.39, 0.29) is 17.3 Å². The number of hydrogen-bond donors (Lipinski definition) is 1. The van der Waals surface area contributed by atoms with Gasteiger partial charge in [0.05, 0.1) is 21.3 Å². The summed E-state index contributed by atoms with van der Waals surface area (Å²) in [5, 5.41) is 13.8. The number of thioether (sulfide) groups is 1. The van der Waals surface area contributed by atoms with E-state index < -0.39 is 22.3 Å². The van der Waals surface area contributed by atoms with Crippen LogP contribution in [0.25, 0.3) is 0 Å². The van der Waals surface area contributed by atoms with Crippen LogP contribution >= 0.6 is 11.8 Å². The summed E-state index contributed by atoms with van der Waals surface area (Å²) in [6.07, 6.45) is 3.52. The molecule has 0 aliphatic carbocycles. The first-order valence-corrected chi connectivity index (χ1v) is 9.54. The molecule has 0 atom stereocenters. The van der Waals surface area contributed by atoms with E-state index in [0.717, 1.165) is 49.8 Å². The quantitative estimate of drug-likeness (QED) is 0.451. The van der Waals surface area contributed by atoms with Gasteiger partial charge in [0.25, 0.3) is 5.91 Å². The molecule has 0 saturated carbocycles. The van der Waals surface area contributed by atoms with E-state index >= 15 is 0 Å². The Bertz CT molecular complexity index is 901. The molecule has 146 valence electrons. The maximum atomic E-state index is 13.3. The van der Waals surface area contributed by atoms with Crippen LogP contribution in [0.3, 0.4) is 0 Å². The van der Waals surface area contributed by atoms with Crippen molar-refractivity contribution in [2.24, 2.45) is 0 Å². The molecule has 0 radical (unpaired) electrons. The number of nitro groups is 1. The number of pyridine rings is 1. The fourth-order valence-electron chi connectivity index (χ4n) is 2.76. The fourth-order valence-corrected chi connectivity index (χ4v) is 3.40. The summed E-state index contributed by atoms with van der Waals surface area (Å²) in [6.45, 7) is 1.52. The van der Waals surface area contributed by atoms with Gasteiger partial charge in [0.1, 0.15) is 0 Å². The molecule has 10 heteroatoms. The molecule has 1 aliphatic heterocycles. The van der Waals surface area contributed by atoms with Crippen LogP contribution in [-0.4, -0.2) is 45.5 Å². The lowest BCUT2D eigenvalue weighted by Crippen LogP contribution is -2.27. The minimum Gasteiger partial charge on any atom is -0.339 e. The van der Waals surface area contributed by atoms with E-state index in [1.165, 1.54) is 12.3 Å². The molecule has 0 spiro atoms. The first-order valence-electron chi connectivity index (χ1n) is 8.56. The molecular weight excluding hydrogens is 387 g/mol. The Labute approximate surface area is 164 Å². The fraction of sp³-hybridized carbons (Fsp3) is 0.278. The highest BCUT2D eigenvalue weighted by molar-refractivity contribution is 7.99. The Morgan fingerprint density at radius 1 is 1.25 bits per heavy atom. The molecule has 1 saturated heterocycles. The Hall–Kier alpha value is -3.01. The van der Waals surface area contributed by atoms with Crippen molar-refractivity contribution >= 4 is 35.0 Å². The molecule has 2 amide bonds. The van der Waals surface area contributed by atoms with Crippen LogP contribution in [0.2, 0.25) is 0 Å². The first-order chi connectivity index (χ1) is 13.4. The number of anilines is 1. The Morgan fingerprint density at radius 2 is 2.00 bits per heavy atom. The molecule has 0 unspecified atom stereocenters. The summed E-state index contributed by atoms with van der Waals surface area (Å²) in [5.74, 6) is -1.41. The number of nitro benzene ring substituents is 1. The third-order valence-corrected chi connectivity index (χ3v) is 5.10. The number of amides is 2. The zero-order valence-corrected chi connectivity index (χ0v) is 15.6. The number of carbonyl (C=O) groups excluding carboxylic acids is 2. The Balaban J connectivity index is 1.54. The van der Waals surface area contributed by atoms with E-state index in [9.17, 15) is 24.1 Å². The first kappa shape index (κ1) is 19.7. The standard InChI is InChI=1S/C18H17FN4O4S/c19-14-5-4-13(9-15(14)23(26)27)21-16(24)11-28-17-6-3-12(10-20-17)18(25)22-7-1-2-8-22/h3-6,9-10H,1-2,7-8,11H2,(H,21,24). The lowest BCUT2D eigenvalue weighted by atomic mass is 10.2. The third-order valence-electron chi connectivity index (χ3n) is 4.15. The molecule has 8 nitrogen and oxygen atoms in total. The van der Waals surface area contributed by atoms with Gasteiger partial charge in [-0.1, -0.05) is 11.8 Å². The molecule has 1 aromatic heterocycles. The van der Waals surface area contributed by atoms with Crippen LogP contribution in [0.5, 0.6) is 0 Å². The number of aromatic nitrogens is 1. The van der Waals surface area contributed by atoms with E-state index in [0.29, 0.717) is 10.6 Å². The number of hydrogen-bond acceptors (Lipinski definition) is 6. The highest BCUT2D eigenvalue weighted by Crippen LogP contribution is 2.22. The zero-order valence-electron chi connectivity index (χ0n) is 14.8. The summed E-state index contributed by atoms with van der Waals surface area (Å²) >= 11 is 1.16. The normalized spacial score (nSPS) is 13.4. The maximum Gasteiger partial charge on any atom is 0.306 e. The van der Waals surface area contributed by atoms with Gasteiger partial charge in [-0.3, -0.25) is 19.7 Å². The maximum absolute atomic E-state index is 13.3. The second-order valence-electron chi connectivity index (χ2n) is 6.14. The largest absolute Gasteiger partial charge is 0.339 e. The molecule has 1 fully saturated rings. The van der Waals surface area contributed by atoms with Crippen molar-refractivity contribution in [3.05, 3.63) is 58.0 Å². The predicted molar refractivity (Wildman–Crippen MR) is 102 cm³/mol. The number of rotatable bonds is 6. The van der Waals surface area contributed by atoms with Gasteiger partial charge in [-0.25, -0.2) is 4.98 Å². The van der Waals surface area contributed by atoms with E-state index in [2.05, 4.69) is 10.3 Å².